The monoisotopic (exact) mass is 479 g/mol. The molecule has 34 heavy (non-hydrogen) atoms. The van der Waals surface area contributed by atoms with Gasteiger partial charge >= 0.3 is 0 Å². The Labute approximate surface area is 202 Å². The van der Waals surface area contributed by atoms with Gasteiger partial charge in [-0.25, -0.2) is 0 Å². The number of nitrogens with zero attached hydrogens (tertiary/aromatic N) is 4. The molecule has 5 rings (SSSR count). The first kappa shape index (κ1) is 22.6. The van der Waals surface area contributed by atoms with Crippen molar-refractivity contribution in [2.24, 2.45) is 5.92 Å². The Morgan fingerprint density at radius 2 is 2.03 bits per heavy atom. The van der Waals surface area contributed by atoms with E-state index in [1.807, 2.05) is 42.5 Å². The van der Waals surface area contributed by atoms with Gasteiger partial charge in [0.25, 0.3) is 0 Å². The third kappa shape index (κ3) is 4.98. The zero-order chi connectivity index (χ0) is 23.5. The number of anilines is 2. The third-order valence-electron chi connectivity index (χ3n) is 6.32. The lowest BCUT2D eigenvalue weighted by Gasteiger charge is -2.31. The summed E-state index contributed by atoms with van der Waals surface area (Å²) in [6, 6.07) is 14.9. The molecule has 1 N–H and O–H groups in total. The van der Waals surface area contributed by atoms with Crippen molar-refractivity contribution >= 4 is 34.8 Å². The van der Waals surface area contributed by atoms with E-state index in [2.05, 4.69) is 20.4 Å². The molecule has 1 aromatic heterocycles. The number of piperidine rings is 1. The number of nitrogens with one attached hydrogen (secondary N) is 1. The van der Waals surface area contributed by atoms with Crippen molar-refractivity contribution < 1.29 is 14.1 Å². The number of likely N-dealkylation sites (tertiary alicyclic amines) is 1. The highest BCUT2D eigenvalue weighted by atomic mass is 35.5. The van der Waals surface area contributed by atoms with Crippen molar-refractivity contribution in [2.45, 2.75) is 32.2 Å². The van der Waals surface area contributed by atoms with Gasteiger partial charge in [0.2, 0.25) is 23.5 Å². The molecule has 176 valence electrons. The van der Waals surface area contributed by atoms with Crippen LogP contribution in [-0.4, -0.2) is 46.5 Å². The maximum Gasteiger partial charge on any atom is 0.241 e. The average molecular weight is 480 g/mol. The van der Waals surface area contributed by atoms with Crippen molar-refractivity contribution in [3.63, 3.8) is 0 Å². The van der Waals surface area contributed by atoms with Gasteiger partial charge in [-0.15, -0.1) is 0 Å². The van der Waals surface area contributed by atoms with Crippen LogP contribution in [0.4, 0.5) is 11.4 Å². The second-order valence-corrected chi connectivity index (χ2v) is 9.16. The van der Waals surface area contributed by atoms with E-state index in [1.165, 1.54) is 0 Å². The van der Waals surface area contributed by atoms with Crippen LogP contribution < -0.4 is 10.2 Å². The normalized spacial score (nSPS) is 18.9. The van der Waals surface area contributed by atoms with E-state index in [4.69, 9.17) is 16.1 Å². The number of amides is 2. The van der Waals surface area contributed by atoms with E-state index in [9.17, 15) is 9.59 Å². The fourth-order valence-corrected chi connectivity index (χ4v) is 4.81. The molecule has 2 aliphatic rings. The minimum Gasteiger partial charge on any atom is -0.338 e. The standard InChI is InChI=1S/C25H26ClN5O3/c26-21-10-2-1-9-20(21)24-28-22(34-29-24)16-30-12-4-6-17(15-30)25(33)27-18-7-3-8-19(14-18)31-13-5-11-23(31)32/h1-3,7-10,14,17H,4-6,11-13,15-16H2,(H,27,33). The summed E-state index contributed by atoms with van der Waals surface area (Å²) in [4.78, 5) is 33.5. The molecule has 2 fully saturated rings. The largest absolute Gasteiger partial charge is 0.338 e. The lowest BCUT2D eigenvalue weighted by atomic mass is 9.97. The highest BCUT2D eigenvalue weighted by Gasteiger charge is 2.28. The molecule has 2 amide bonds. The summed E-state index contributed by atoms with van der Waals surface area (Å²) in [5.41, 5.74) is 2.27. The third-order valence-corrected chi connectivity index (χ3v) is 6.65. The fourth-order valence-electron chi connectivity index (χ4n) is 4.59. The minimum atomic E-state index is -0.142. The van der Waals surface area contributed by atoms with E-state index < -0.39 is 0 Å². The first-order chi connectivity index (χ1) is 16.6. The Balaban J connectivity index is 1.20. The van der Waals surface area contributed by atoms with Gasteiger partial charge < -0.3 is 14.7 Å². The van der Waals surface area contributed by atoms with Crippen molar-refractivity contribution in [1.29, 1.82) is 0 Å². The Morgan fingerprint density at radius 1 is 1.15 bits per heavy atom. The fraction of sp³-hybridized carbons (Fsp3) is 0.360. The highest BCUT2D eigenvalue weighted by Crippen LogP contribution is 2.27. The number of rotatable bonds is 6. The van der Waals surface area contributed by atoms with Crippen LogP contribution in [0.1, 0.15) is 31.6 Å². The molecule has 3 aromatic rings. The maximum atomic E-state index is 13.0. The second kappa shape index (κ2) is 9.95. The summed E-state index contributed by atoms with van der Waals surface area (Å²) in [5, 5.41) is 7.67. The number of benzene rings is 2. The van der Waals surface area contributed by atoms with E-state index >= 15 is 0 Å². The van der Waals surface area contributed by atoms with E-state index in [-0.39, 0.29) is 17.7 Å². The Morgan fingerprint density at radius 3 is 2.85 bits per heavy atom. The number of hydrogen-bond acceptors (Lipinski definition) is 6. The number of carbonyl (C=O) groups is 2. The van der Waals surface area contributed by atoms with Crippen molar-refractivity contribution in [3.05, 3.63) is 59.4 Å². The SMILES string of the molecule is O=C(Nc1cccc(N2CCCC2=O)c1)C1CCCN(Cc2nc(-c3ccccc3Cl)no2)C1. The van der Waals surface area contributed by atoms with Crippen LogP contribution in [0.3, 0.4) is 0 Å². The zero-order valence-corrected chi connectivity index (χ0v) is 19.5. The molecule has 0 radical (unpaired) electrons. The van der Waals surface area contributed by atoms with Crippen LogP contribution >= 0.6 is 11.6 Å². The van der Waals surface area contributed by atoms with Gasteiger partial charge in [0.05, 0.1) is 17.5 Å². The molecule has 9 heteroatoms. The molecule has 8 nitrogen and oxygen atoms in total. The molecule has 0 spiro atoms. The van der Waals surface area contributed by atoms with Crippen LogP contribution in [0.25, 0.3) is 11.4 Å². The number of halogens is 1. The van der Waals surface area contributed by atoms with Gasteiger partial charge in [-0.2, -0.15) is 4.98 Å². The van der Waals surface area contributed by atoms with Gasteiger partial charge in [0.1, 0.15) is 0 Å². The van der Waals surface area contributed by atoms with Gasteiger partial charge in [0, 0.05) is 36.4 Å². The molecule has 2 saturated heterocycles. The van der Waals surface area contributed by atoms with E-state index in [0.29, 0.717) is 41.9 Å². The smallest absolute Gasteiger partial charge is 0.241 e. The molecule has 0 aliphatic carbocycles. The number of hydrogen-bond donors (Lipinski definition) is 1. The predicted octanol–water partition coefficient (Wildman–Crippen LogP) is 4.37. The molecule has 2 aromatic carbocycles. The van der Waals surface area contributed by atoms with Crippen LogP contribution in [0.2, 0.25) is 5.02 Å². The molecule has 3 heterocycles. The molecule has 1 unspecified atom stereocenters. The average Bonchev–Trinajstić information content (AvgIpc) is 3.48. The van der Waals surface area contributed by atoms with Gasteiger partial charge in [-0.05, 0) is 56.1 Å². The number of aromatic nitrogens is 2. The maximum absolute atomic E-state index is 13.0. The lowest BCUT2D eigenvalue weighted by Crippen LogP contribution is -2.40. The number of carbonyl (C=O) groups excluding carboxylic acids is 2. The van der Waals surface area contributed by atoms with Crippen LogP contribution in [0.15, 0.2) is 53.1 Å². The predicted molar refractivity (Wildman–Crippen MR) is 129 cm³/mol. The summed E-state index contributed by atoms with van der Waals surface area (Å²) >= 11 is 6.24. The molecular formula is C25H26ClN5O3. The van der Waals surface area contributed by atoms with Gasteiger partial charge in [0.15, 0.2) is 0 Å². The zero-order valence-electron chi connectivity index (χ0n) is 18.7. The highest BCUT2D eigenvalue weighted by molar-refractivity contribution is 6.33. The summed E-state index contributed by atoms with van der Waals surface area (Å²) in [6.07, 6.45) is 3.18. The lowest BCUT2D eigenvalue weighted by molar-refractivity contribution is -0.121. The summed E-state index contributed by atoms with van der Waals surface area (Å²) in [6.45, 7) is 2.68. The first-order valence-corrected chi connectivity index (χ1v) is 12.0. The van der Waals surface area contributed by atoms with E-state index in [0.717, 1.165) is 43.6 Å². The van der Waals surface area contributed by atoms with Gasteiger partial charge in [-0.1, -0.05) is 35.0 Å². The van der Waals surface area contributed by atoms with E-state index in [1.54, 1.807) is 11.0 Å². The van der Waals surface area contributed by atoms with Crippen LogP contribution in [0, 0.1) is 5.92 Å². The van der Waals surface area contributed by atoms with Crippen LogP contribution in [0.5, 0.6) is 0 Å². The Kier molecular flexibility index (Phi) is 6.60. The molecule has 2 aliphatic heterocycles. The molecular weight excluding hydrogens is 454 g/mol. The molecule has 0 bridgehead atoms. The van der Waals surface area contributed by atoms with Crippen LogP contribution in [-0.2, 0) is 16.1 Å². The first-order valence-electron chi connectivity index (χ1n) is 11.6. The Bertz CT molecular complexity index is 1200. The Hall–Kier alpha value is -3.23. The summed E-state index contributed by atoms with van der Waals surface area (Å²) in [7, 11) is 0. The molecule has 1 atom stereocenters. The second-order valence-electron chi connectivity index (χ2n) is 8.75. The summed E-state index contributed by atoms with van der Waals surface area (Å²) in [5.74, 6) is 0.931. The topological polar surface area (TPSA) is 91.6 Å². The van der Waals surface area contributed by atoms with Gasteiger partial charge in [-0.3, -0.25) is 14.5 Å². The van der Waals surface area contributed by atoms with Crippen molar-refractivity contribution in [2.75, 3.05) is 29.9 Å². The quantitative estimate of drug-likeness (QED) is 0.564. The minimum absolute atomic E-state index is 0.0168. The van der Waals surface area contributed by atoms with Crippen molar-refractivity contribution in [1.82, 2.24) is 15.0 Å². The molecule has 0 saturated carbocycles. The van der Waals surface area contributed by atoms with Crippen molar-refractivity contribution in [3.8, 4) is 11.4 Å². The summed E-state index contributed by atoms with van der Waals surface area (Å²) < 4.78 is 5.44.